The summed E-state index contributed by atoms with van der Waals surface area (Å²) in [6.45, 7) is 3.28. The second kappa shape index (κ2) is 9.76. The largest absolute Gasteiger partial charge is 0.391 e. The Bertz CT molecular complexity index is 1090. The van der Waals surface area contributed by atoms with Crippen LogP contribution in [0.4, 0.5) is 4.39 Å². The van der Waals surface area contributed by atoms with Crippen LogP contribution in [0.25, 0.3) is 6.08 Å². The zero-order valence-corrected chi connectivity index (χ0v) is 21.0. The molecule has 5 rings (SSSR count). The van der Waals surface area contributed by atoms with Gasteiger partial charge < -0.3 is 24.5 Å². The van der Waals surface area contributed by atoms with Crippen molar-refractivity contribution in [2.24, 2.45) is 5.41 Å². The predicted octanol–water partition coefficient (Wildman–Crippen LogP) is 2.43. The van der Waals surface area contributed by atoms with Crippen LogP contribution >= 0.6 is 11.6 Å². The van der Waals surface area contributed by atoms with E-state index in [2.05, 4.69) is 0 Å². The molecule has 0 bridgehead atoms. The number of aliphatic hydroxyl groups excluding tert-OH is 1. The van der Waals surface area contributed by atoms with E-state index >= 15 is 0 Å². The molecule has 1 saturated carbocycles. The Hall–Kier alpha value is -2.49. The summed E-state index contributed by atoms with van der Waals surface area (Å²) in [6, 6.07) is 3.26. The van der Waals surface area contributed by atoms with Crippen LogP contribution in [0.15, 0.2) is 24.3 Å². The third-order valence-corrected chi connectivity index (χ3v) is 8.47. The molecule has 1 aromatic carbocycles. The van der Waals surface area contributed by atoms with Crippen LogP contribution in [-0.2, 0) is 19.1 Å². The first-order valence-electron chi connectivity index (χ1n) is 12.5. The fraction of sp³-hybridized carbons (Fsp3) is 0.577. The quantitative estimate of drug-likeness (QED) is 0.603. The molecule has 36 heavy (non-hydrogen) atoms. The van der Waals surface area contributed by atoms with E-state index in [0.717, 1.165) is 19.3 Å². The van der Waals surface area contributed by atoms with E-state index in [1.165, 1.54) is 35.3 Å². The van der Waals surface area contributed by atoms with E-state index in [0.29, 0.717) is 31.7 Å². The van der Waals surface area contributed by atoms with Crippen molar-refractivity contribution in [3.63, 3.8) is 0 Å². The number of carbonyl (C=O) groups excluding carboxylic acids is 3. The highest BCUT2D eigenvalue weighted by Gasteiger charge is 2.52. The monoisotopic (exact) mass is 519 g/mol. The number of halogens is 2. The Morgan fingerprint density at radius 2 is 2.06 bits per heavy atom. The van der Waals surface area contributed by atoms with Gasteiger partial charge in [0.1, 0.15) is 11.9 Å². The zero-order chi connectivity index (χ0) is 25.6. The third-order valence-electron chi connectivity index (χ3n) is 8.18. The highest BCUT2D eigenvalue weighted by Crippen LogP contribution is 2.53. The molecule has 4 aliphatic rings. The second-order valence-electron chi connectivity index (χ2n) is 10.4. The van der Waals surface area contributed by atoms with Gasteiger partial charge in [0, 0.05) is 25.6 Å². The summed E-state index contributed by atoms with van der Waals surface area (Å²) < 4.78 is 19.2. The highest BCUT2D eigenvalue weighted by atomic mass is 35.5. The lowest BCUT2D eigenvalue weighted by atomic mass is 9.90. The third kappa shape index (κ3) is 4.76. The van der Waals surface area contributed by atoms with Crippen LogP contribution in [0.1, 0.15) is 44.6 Å². The molecule has 3 aliphatic heterocycles. The predicted molar refractivity (Wildman–Crippen MR) is 130 cm³/mol. The second-order valence-corrected chi connectivity index (χ2v) is 10.8. The summed E-state index contributed by atoms with van der Waals surface area (Å²) in [5.41, 5.74) is 0.618. The lowest BCUT2D eigenvalue weighted by molar-refractivity contribution is -0.160. The van der Waals surface area contributed by atoms with Crippen LogP contribution in [0, 0.1) is 11.2 Å². The molecule has 3 heterocycles. The Morgan fingerprint density at radius 3 is 2.75 bits per heavy atom. The Balaban J connectivity index is 1.16. The lowest BCUT2D eigenvalue weighted by Crippen LogP contribution is -2.61. The first-order chi connectivity index (χ1) is 17.2. The van der Waals surface area contributed by atoms with E-state index in [1.807, 2.05) is 0 Å². The fourth-order valence-electron chi connectivity index (χ4n) is 5.57. The maximum Gasteiger partial charge on any atom is 0.247 e. The van der Waals surface area contributed by atoms with Crippen LogP contribution in [0.2, 0.25) is 5.02 Å². The van der Waals surface area contributed by atoms with Crippen LogP contribution < -0.4 is 0 Å². The minimum atomic E-state index is -0.679. The number of carbonyl (C=O) groups is 3. The number of piperazine rings is 1. The molecule has 8 nitrogen and oxygen atoms in total. The average Bonchev–Trinajstić information content (AvgIpc) is 3.53. The molecule has 4 atom stereocenters. The molecule has 1 N–H and O–H groups in total. The molecule has 1 unspecified atom stereocenters. The van der Waals surface area contributed by atoms with Gasteiger partial charge in [-0.05, 0) is 61.8 Å². The van der Waals surface area contributed by atoms with Crippen molar-refractivity contribution < 1.29 is 28.6 Å². The molecule has 10 heteroatoms. The van der Waals surface area contributed by atoms with Crippen molar-refractivity contribution in [3.8, 4) is 0 Å². The number of ether oxygens (including phenoxy) is 1. The Kier molecular flexibility index (Phi) is 6.82. The number of amides is 3. The molecule has 3 amide bonds. The minimum absolute atomic E-state index is 0.00616. The van der Waals surface area contributed by atoms with Gasteiger partial charge in [-0.2, -0.15) is 0 Å². The van der Waals surface area contributed by atoms with Gasteiger partial charge >= 0.3 is 0 Å². The molecule has 0 aromatic heterocycles. The molecule has 1 aromatic rings. The van der Waals surface area contributed by atoms with E-state index in [9.17, 15) is 23.9 Å². The summed E-state index contributed by atoms with van der Waals surface area (Å²) in [6.07, 6.45) is 5.56. The SMILES string of the molecule is C[C@H]1C(=O)N2[C@@H](CCC(=O)N3CCC4(CC4)C(O)C3)CO[C@H]2CN1C(=O)C=Cc1ccc(F)c(Cl)c1. The van der Waals surface area contributed by atoms with E-state index in [4.69, 9.17) is 16.3 Å². The van der Waals surface area contributed by atoms with Crippen molar-refractivity contribution >= 4 is 35.4 Å². The van der Waals surface area contributed by atoms with E-state index in [-0.39, 0.29) is 47.2 Å². The smallest absolute Gasteiger partial charge is 0.247 e. The number of hydrogen-bond acceptors (Lipinski definition) is 5. The van der Waals surface area contributed by atoms with Gasteiger partial charge in [0.05, 0.1) is 30.3 Å². The average molecular weight is 520 g/mol. The van der Waals surface area contributed by atoms with Crippen molar-refractivity contribution in [2.75, 3.05) is 26.2 Å². The topological polar surface area (TPSA) is 90.4 Å². The molecular formula is C26H31ClFN3O5. The standard InChI is InChI=1S/C26H31ClFN3O5/c1-16-25(35)31-18(4-7-22(33)29-11-10-26(8-9-26)21(32)13-29)15-36-24(31)14-30(16)23(34)6-3-17-2-5-20(28)19(27)12-17/h2-3,5-6,12,16,18,21,24,32H,4,7-11,13-15H2,1H3/t16-,18-,21?,24-/m0/s1. The molecule has 0 radical (unpaired) electrons. The molecule has 1 aliphatic carbocycles. The zero-order valence-electron chi connectivity index (χ0n) is 20.2. The maximum atomic E-state index is 13.4. The molecule has 3 saturated heterocycles. The molecule has 194 valence electrons. The number of benzene rings is 1. The summed E-state index contributed by atoms with van der Waals surface area (Å²) >= 11 is 5.80. The number of fused-ring (bicyclic) bond motifs is 1. The number of aliphatic hydroxyl groups is 1. The van der Waals surface area contributed by atoms with Gasteiger partial charge in [-0.15, -0.1) is 0 Å². The molecular weight excluding hydrogens is 489 g/mol. The first-order valence-corrected chi connectivity index (χ1v) is 12.9. The summed E-state index contributed by atoms with van der Waals surface area (Å²) in [5.74, 6) is -1.11. The van der Waals surface area contributed by atoms with E-state index < -0.39 is 24.2 Å². The van der Waals surface area contributed by atoms with Crippen molar-refractivity contribution in [2.45, 2.75) is 63.4 Å². The highest BCUT2D eigenvalue weighted by molar-refractivity contribution is 6.30. The maximum absolute atomic E-state index is 13.4. The number of hydrogen-bond donors (Lipinski definition) is 1. The Labute approximate surface area is 214 Å². The number of likely N-dealkylation sites (tertiary alicyclic amines) is 1. The van der Waals surface area contributed by atoms with Crippen molar-refractivity contribution in [3.05, 3.63) is 40.7 Å². The van der Waals surface area contributed by atoms with E-state index in [1.54, 1.807) is 16.7 Å². The molecule has 4 fully saturated rings. The lowest BCUT2D eigenvalue weighted by Gasteiger charge is -2.42. The number of β-amino-alcohol motifs (C(OH)–C–C–N with tert-alkyl or cyclic N) is 1. The van der Waals surface area contributed by atoms with Gasteiger partial charge in [-0.25, -0.2) is 4.39 Å². The first kappa shape index (κ1) is 25.2. The van der Waals surface area contributed by atoms with Gasteiger partial charge in [-0.1, -0.05) is 17.7 Å². The van der Waals surface area contributed by atoms with Gasteiger partial charge in [0.15, 0.2) is 6.23 Å². The summed E-state index contributed by atoms with van der Waals surface area (Å²) in [4.78, 5) is 43.7. The number of piperidine rings is 1. The van der Waals surface area contributed by atoms with Crippen molar-refractivity contribution in [1.29, 1.82) is 0 Å². The normalized spacial score (nSPS) is 29.2. The minimum Gasteiger partial charge on any atom is -0.391 e. The van der Waals surface area contributed by atoms with Crippen molar-refractivity contribution in [1.82, 2.24) is 14.7 Å². The van der Waals surface area contributed by atoms with Crippen LogP contribution in [0.5, 0.6) is 0 Å². The van der Waals surface area contributed by atoms with Gasteiger partial charge in [0.2, 0.25) is 17.7 Å². The summed E-state index contributed by atoms with van der Waals surface area (Å²) in [5, 5.41) is 10.4. The number of nitrogens with zero attached hydrogens (tertiary/aromatic N) is 3. The van der Waals surface area contributed by atoms with Gasteiger partial charge in [-0.3, -0.25) is 14.4 Å². The van der Waals surface area contributed by atoms with Gasteiger partial charge in [0.25, 0.3) is 0 Å². The number of rotatable bonds is 5. The Morgan fingerprint density at radius 1 is 1.28 bits per heavy atom. The molecule has 1 spiro atoms. The van der Waals surface area contributed by atoms with Crippen LogP contribution in [-0.4, -0.2) is 88.2 Å². The van der Waals surface area contributed by atoms with Crippen LogP contribution in [0.3, 0.4) is 0 Å². The summed E-state index contributed by atoms with van der Waals surface area (Å²) in [7, 11) is 0. The fourth-order valence-corrected chi connectivity index (χ4v) is 5.76.